The average molecular weight is 332 g/mol. The minimum atomic E-state index is -0.387. The third-order valence-electron chi connectivity index (χ3n) is 3.80. The number of halogens is 1. The number of aliphatic hydroxyl groups excluding tert-OH is 1. The van der Waals surface area contributed by atoms with Crippen LogP contribution in [0.5, 0.6) is 0 Å². The van der Waals surface area contributed by atoms with Gasteiger partial charge in [0.05, 0.1) is 16.8 Å². The smallest absolute Gasteiger partial charge is 0.307 e. The van der Waals surface area contributed by atoms with E-state index in [1.54, 1.807) is 23.7 Å². The van der Waals surface area contributed by atoms with Crippen LogP contribution in [0, 0.1) is 5.82 Å². The van der Waals surface area contributed by atoms with E-state index in [9.17, 15) is 9.18 Å². The molecule has 0 saturated carbocycles. The molecule has 6 heteroatoms. The minimum absolute atomic E-state index is 0.0320. The molecule has 0 aliphatic carbocycles. The van der Waals surface area contributed by atoms with Crippen LogP contribution < -0.4 is 10.2 Å². The number of hydrogen-bond donors (Lipinski definition) is 2. The monoisotopic (exact) mass is 332 g/mol. The summed E-state index contributed by atoms with van der Waals surface area (Å²) in [6.45, 7) is 0.875. The maximum atomic E-state index is 13.6. The summed E-state index contributed by atoms with van der Waals surface area (Å²) in [4.78, 5) is 11.7. The van der Waals surface area contributed by atoms with Crippen molar-refractivity contribution in [3.8, 4) is 0 Å². The Hall–Kier alpha value is -2.02. The number of nitrogens with zero attached hydrogens (tertiary/aromatic N) is 1. The van der Waals surface area contributed by atoms with Crippen molar-refractivity contribution in [3.05, 3.63) is 68.6 Å². The Morgan fingerprint density at radius 3 is 2.57 bits per heavy atom. The van der Waals surface area contributed by atoms with Gasteiger partial charge in [-0.2, -0.15) is 0 Å². The Morgan fingerprint density at radius 2 is 1.87 bits per heavy atom. The van der Waals surface area contributed by atoms with Gasteiger partial charge in [-0.3, -0.25) is 4.79 Å². The SMILES string of the molecule is Cn1c(=O)sc2cc(CNCc3ccc(CO)c(F)c3)ccc21. The number of fused-ring (bicyclic) bond motifs is 1. The fourth-order valence-corrected chi connectivity index (χ4v) is 3.41. The van der Waals surface area contributed by atoms with Crippen LogP contribution in [0.4, 0.5) is 4.39 Å². The first-order valence-electron chi connectivity index (χ1n) is 7.26. The van der Waals surface area contributed by atoms with Gasteiger partial charge < -0.3 is 15.0 Å². The summed E-state index contributed by atoms with van der Waals surface area (Å²) < 4.78 is 16.2. The van der Waals surface area contributed by atoms with Crippen molar-refractivity contribution in [2.24, 2.45) is 7.05 Å². The Kier molecular flexibility index (Phi) is 4.56. The van der Waals surface area contributed by atoms with Crippen LogP contribution in [0.15, 0.2) is 41.2 Å². The van der Waals surface area contributed by atoms with Gasteiger partial charge in [0.25, 0.3) is 0 Å². The maximum absolute atomic E-state index is 13.6. The van der Waals surface area contributed by atoms with Crippen molar-refractivity contribution in [2.45, 2.75) is 19.7 Å². The Labute approximate surface area is 136 Å². The molecule has 4 nitrogen and oxygen atoms in total. The van der Waals surface area contributed by atoms with Crippen LogP contribution in [-0.2, 0) is 26.7 Å². The van der Waals surface area contributed by atoms with Crippen molar-refractivity contribution in [2.75, 3.05) is 0 Å². The first-order valence-corrected chi connectivity index (χ1v) is 8.07. The largest absolute Gasteiger partial charge is 0.392 e. The molecule has 0 atom stereocenters. The molecule has 3 aromatic rings. The molecular weight excluding hydrogens is 315 g/mol. The minimum Gasteiger partial charge on any atom is -0.392 e. The summed E-state index contributed by atoms with van der Waals surface area (Å²) in [7, 11) is 1.77. The zero-order valence-corrected chi connectivity index (χ0v) is 13.5. The molecule has 3 rings (SSSR count). The second-order valence-corrected chi connectivity index (χ2v) is 6.41. The van der Waals surface area contributed by atoms with Gasteiger partial charge in [-0.25, -0.2) is 4.39 Å². The van der Waals surface area contributed by atoms with Crippen molar-refractivity contribution in [1.82, 2.24) is 9.88 Å². The maximum Gasteiger partial charge on any atom is 0.307 e. The van der Waals surface area contributed by atoms with E-state index >= 15 is 0 Å². The van der Waals surface area contributed by atoms with E-state index in [1.807, 2.05) is 18.2 Å². The highest BCUT2D eigenvalue weighted by molar-refractivity contribution is 7.16. The van der Waals surface area contributed by atoms with Gasteiger partial charge in [0.1, 0.15) is 5.82 Å². The molecule has 0 unspecified atom stereocenters. The van der Waals surface area contributed by atoms with Gasteiger partial charge in [-0.05, 0) is 29.3 Å². The van der Waals surface area contributed by atoms with Crippen molar-refractivity contribution >= 4 is 21.6 Å². The lowest BCUT2D eigenvalue weighted by Crippen LogP contribution is -2.13. The first kappa shape index (κ1) is 15.9. The Bertz CT molecular complexity index is 901. The molecular formula is C17H17FN2O2S. The molecule has 0 aliphatic rings. The number of rotatable bonds is 5. The van der Waals surface area contributed by atoms with Crippen LogP contribution in [0.25, 0.3) is 10.2 Å². The van der Waals surface area contributed by atoms with E-state index in [4.69, 9.17) is 5.11 Å². The van der Waals surface area contributed by atoms with Crippen LogP contribution in [0.2, 0.25) is 0 Å². The highest BCUT2D eigenvalue weighted by Crippen LogP contribution is 2.18. The topological polar surface area (TPSA) is 54.3 Å². The molecule has 1 aromatic heterocycles. The number of thiazole rings is 1. The van der Waals surface area contributed by atoms with Gasteiger partial charge in [-0.1, -0.05) is 29.5 Å². The van der Waals surface area contributed by atoms with E-state index in [1.165, 1.54) is 17.4 Å². The second-order valence-electron chi connectivity index (χ2n) is 5.42. The molecule has 2 N–H and O–H groups in total. The van der Waals surface area contributed by atoms with Crippen LogP contribution in [-0.4, -0.2) is 9.67 Å². The molecule has 0 spiro atoms. The van der Waals surface area contributed by atoms with E-state index in [0.29, 0.717) is 18.7 Å². The van der Waals surface area contributed by atoms with Gasteiger partial charge in [0.15, 0.2) is 0 Å². The third-order valence-corrected chi connectivity index (χ3v) is 4.80. The number of aromatic nitrogens is 1. The fraction of sp³-hybridized carbons (Fsp3) is 0.235. The summed E-state index contributed by atoms with van der Waals surface area (Å²) in [5.41, 5.74) is 3.14. The van der Waals surface area contributed by atoms with Gasteiger partial charge in [0, 0.05) is 25.7 Å². The van der Waals surface area contributed by atoms with Crippen LogP contribution in [0.1, 0.15) is 16.7 Å². The quantitative estimate of drug-likeness (QED) is 0.755. The number of aryl methyl sites for hydroxylation is 1. The molecule has 0 amide bonds. The molecule has 2 aromatic carbocycles. The van der Waals surface area contributed by atoms with E-state index in [-0.39, 0.29) is 17.3 Å². The molecule has 0 radical (unpaired) electrons. The normalized spacial score (nSPS) is 11.3. The lowest BCUT2D eigenvalue weighted by molar-refractivity contribution is 0.275. The standard InChI is InChI=1S/C17H17FN2O2S/c1-20-15-5-3-12(7-16(15)23-17(20)22)9-19-8-11-2-4-13(10-21)14(18)6-11/h2-7,19,21H,8-10H2,1H3. The van der Waals surface area contributed by atoms with Gasteiger partial charge >= 0.3 is 4.87 Å². The van der Waals surface area contributed by atoms with Gasteiger partial charge in [-0.15, -0.1) is 0 Å². The first-order chi connectivity index (χ1) is 11.1. The fourth-order valence-electron chi connectivity index (χ4n) is 2.47. The van der Waals surface area contributed by atoms with Gasteiger partial charge in [0.2, 0.25) is 0 Å². The Morgan fingerprint density at radius 1 is 1.17 bits per heavy atom. The highest BCUT2D eigenvalue weighted by atomic mass is 32.1. The average Bonchev–Trinajstić information content (AvgIpc) is 2.82. The zero-order valence-electron chi connectivity index (χ0n) is 12.7. The van der Waals surface area contributed by atoms with E-state index < -0.39 is 0 Å². The molecule has 1 heterocycles. The molecule has 0 aliphatic heterocycles. The summed E-state index contributed by atoms with van der Waals surface area (Å²) in [6.07, 6.45) is 0. The number of benzene rings is 2. The highest BCUT2D eigenvalue weighted by Gasteiger charge is 2.05. The summed E-state index contributed by atoms with van der Waals surface area (Å²) >= 11 is 1.24. The van der Waals surface area contributed by atoms with Crippen molar-refractivity contribution in [1.29, 1.82) is 0 Å². The van der Waals surface area contributed by atoms with Crippen molar-refractivity contribution in [3.63, 3.8) is 0 Å². The van der Waals surface area contributed by atoms with E-state index in [0.717, 1.165) is 21.3 Å². The molecule has 23 heavy (non-hydrogen) atoms. The second kappa shape index (κ2) is 6.62. The number of aliphatic hydroxyl groups is 1. The summed E-state index contributed by atoms with van der Waals surface area (Å²) in [5, 5.41) is 12.2. The summed E-state index contributed by atoms with van der Waals surface area (Å²) in [5.74, 6) is -0.387. The lowest BCUT2D eigenvalue weighted by Gasteiger charge is -2.07. The van der Waals surface area contributed by atoms with Crippen molar-refractivity contribution < 1.29 is 9.50 Å². The predicted molar refractivity (Wildman–Crippen MR) is 89.9 cm³/mol. The molecule has 0 bridgehead atoms. The zero-order chi connectivity index (χ0) is 16.4. The lowest BCUT2D eigenvalue weighted by atomic mass is 10.1. The molecule has 0 saturated heterocycles. The third kappa shape index (κ3) is 3.34. The molecule has 120 valence electrons. The van der Waals surface area contributed by atoms with Crippen LogP contribution >= 0.6 is 11.3 Å². The number of hydrogen-bond acceptors (Lipinski definition) is 4. The Balaban J connectivity index is 1.66. The number of nitrogens with one attached hydrogen (secondary N) is 1. The molecule has 0 fully saturated rings. The van der Waals surface area contributed by atoms with E-state index in [2.05, 4.69) is 5.32 Å². The predicted octanol–water partition coefficient (Wildman–Crippen LogP) is 2.52. The van der Waals surface area contributed by atoms with Crippen LogP contribution in [0.3, 0.4) is 0 Å². The summed E-state index contributed by atoms with van der Waals surface area (Å²) in [6, 6.07) is 10.8.